The molecule has 3 aromatic carbocycles. The topological polar surface area (TPSA) is 65.6 Å². The second-order valence-corrected chi connectivity index (χ2v) is 11.5. The molecule has 1 aliphatic heterocycles. The van der Waals surface area contributed by atoms with E-state index in [2.05, 4.69) is 58.9 Å². The van der Waals surface area contributed by atoms with Crippen molar-refractivity contribution in [3.63, 3.8) is 0 Å². The fourth-order valence-electron chi connectivity index (χ4n) is 5.17. The molecular weight excluding hydrogens is 440 g/mol. The molecular formula is C28H29N2O3Si. The Hall–Kier alpha value is -3.35. The van der Waals surface area contributed by atoms with Crippen LogP contribution in [0.4, 0.5) is 0 Å². The van der Waals surface area contributed by atoms with Crippen LogP contribution in [0, 0.1) is 6.92 Å². The Bertz CT molecular complexity index is 1300. The first-order valence-electron chi connectivity index (χ1n) is 11.7. The van der Waals surface area contributed by atoms with Gasteiger partial charge in [-0.3, -0.25) is 0 Å². The molecule has 1 radical (unpaired) electrons. The number of nitrogens with one attached hydrogen (secondary N) is 1. The van der Waals surface area contributed by atoms with Gasteiger partial charge in [-0.1, -0.05) is 42.5 Å². The van der Waals surface area contributed by atoms with Gasteiger partial charge in [-0.15, -0.1) is 0 Å². The number of carbonyl (C=O) groups is 1. The monoisotopic (exact) mass is 469 g/mol. The van der Waals surface area contributed by atoms with E-state index in [0.29, 0.717) is 11.5 Å². The molecule has 34 heavy (non-hydrogen) atoms. The third kappa shape index (κ3) is 4.27. The maximum Gasteiger partial charge on any atom is 0.335 e. The van der Waals surface area contributed by atoms with Crippen molar-refractivity contribution in [3.05, 3.63) is 95.2 Å². The summed E-state index contributed by atoms with van der Waals surface area (Å²) in [5.74, 6) is 0.556. The molecule has 0 spiro atoms. The molecule has 0 saturated carbocycles. The van der Waals surface area contributed by atoms with E-state index in [1.165, 1.54) is 27.3 Å². The Morgan fingerprint density at radius 2 is 1.91 bits per heavy atom. The van der Waals surface area contributed by atoms with Gasteiger partial charge in [-0.2, -0.15) is 0 Å². The van der Waals surface area contributed by atoms with Crippen LogP contribution >= 0.6 is 0 Å². The zero-order valence-corrected chi connectivity index (χ0v) is 20.5. The largest absolute Gasteiger partial charge is 0.496 e. The molecule has 2 heterocycles. The lowest BCUT2D eigenvalue weighted by molar-refractivity contribution is 0.0697. The van der Waals surface area contributed by atoms with Gasteiger partial charge >= 0.3 is 5.97 Å². The third-order valence-corrected chi connectivity index (χ3v) is 10.0. The van der Waals surface area contributed by atoms with Gasteiger partial charge in [0, 0.05) is 29.2 Å². The van der Waals surface area contributed by atoms with Crippen LogP contribution < -0.4 is 9.92 Å². The lowest BCUT2D eigenvalue weighted by Crippen LogP contribution is -2.52. The van der Waals surface area contributed by atoms with E-state index in [9.17, 15) is 9.90 Å². The number of methoxy groups -OCH3 is 1. The molecule has 5 nitrogen and oxygen atoms in total. The second-order valence-electron chi connectivity index (χ2n) is 8.99. The maximum absolute atomic E-state index is 11.4. The van der Waals surface area contributed by atoms with Crippen LogP contribution in [0.5, 0.6) is 5.75 Å². The van der Waals surface area contributed by atoms with E-state index in [-0.39, 0.29) is 0 Å². The molecule has 1 saturated heterocycles. The number of aryl methyl sites for hydroxylation is 1. The molecule has 0 aliphatic carbocycles. The number of aromatic carboxylic acids is 1. The Labute approximate surface area is 201 Å². The normalized spacial score (nSPS) is 17.2. The average Bonchev–Trinajstić information content (AvgIpc) is 3.37. The standard InChI is InChI=1S/C28H29N2O3Si/c1-19-16-26(33-2)25(24-12-14-29-27(19)24)17-30-15-13-22(20-6-4-3-5-7-20)18-34(30)23-10-8-21(9-11-23)28(31)32/h3-12,14,16,22,29H,13,15,17-18H2,1-2H3,(H,31,32)/t22-/m0/s1. The van der Waals surface area contributed by atoms with E-state index in [1.807, 2.05) is 18.3 Å². The summed E-state index contributed by atoms with van der Waals surface area (Å²) < 4.78 is 8.45. The molecule has 0 amide bonds. The minimum Gasteiger partial charge on any atom is -0.496 e. The molecule has 1 aliphatic rings. The predicted octanol–water partition coefficient (Wildman–Crippen LogP) is 5.07. The van der Waals surface area contributed by atoms with Crippen molar-refractivity contribution in [2.45, 2.75) is 31.9 Å². The summed E-state index contributed by atoms with van der Waals surface area (Å²) in [4.78, 5) is 14.8. The highest BCUT2D eigenvalue weighted by Gasteiger charge is 2.33. The lowest BCUT2D eigenvalue weighted by atomic mass is 9.97. The Kier molecular flexibility index (Phi) is 6.26. The minimum absolute atomic E-state index is 0.336. The van der Waals surface area contributed by atoms with Crippen molar-refractivity contribution in [1.29, 1.82) is 0 Å². The highest BCUT2D eigenvalue weighted by Crippen LogP contribution is 2.35. The first-order chi connectivity index (χ1) is 16.5. The van der Waals surface area contributed by atoms with Crippen LogP contribution in [-0.4, -0.2) is 43.2 Å². The molecule has 173 valence electrons. The third-order valence-electron chi connectivity index (χ3n) is 6.99. The Balaban J connectivity index is 1.51. The van der Waals surface area contributed by atoms with Crippen molar-refractivity contribution >= 4 is 31.0 Å². The lowest BCUT2D eigenvalue weighted by Gasteiger charge is -2.39. The van der Waals surface area contributed by atoms with Crippen LogP contribution in [0.3, 0.4) is 0 Å². The summed E-state index contributed by atoms with van der Waals surface area (Å²) in [5.41, 5.74) is 5.29. The van der Waals surface area contributed by atoms with Crippen molar-refractivity contribution < 1.29 is 14.6 Å². The van der Waals surface area contributed by atoms with Crippen LogP contribution in [0.15, 0.2) is 72.9 Å². The van der Waals surface area contributed by atoms with Gasteiger partial charge in [-0.05, 0) is 72.4 Å². The summed E-state index contributed by atoms with van der Waals surface area (Å²) in [6.45, 7) is 3.92. The van der Waals surface area contributed by atoms with Crippen LogP contribution in [0.2, 0.25) is 6.04 Å². The molecule has 0 bridgehead atoms. The number of hydrogen-bond donors (Lipinski definition) is 2. The SMILES string of the molecule is COc1cc(C)c2[nH]ccc2c1CN1CC[C@H](c2ccccc2)C[Si]1c1ccc(C(=O)O)cc1. The van der Waals surface area contributed by atoms with Gasteiger partial charge < -0.3 is 19.4 Å². The van der Waals surface area contributed by atoms with E-state index in [4.69, 9.17) is 4.74 Å². The average molecular weight is 470 g/mol. The predicted molar refractivity (Wildman–Crippen MR) is 137 cm³/mol. The molecule has 0 unspecified atom stereocenters. The van der Waals surface area contributed by atoms with Crippen LogP contribution in [0.25, 0.3) is 10.9 Å². The minimum atomic E-state index is -1.11. The number of H-pyrrole nitrogens is 1. The van der Waals surface area contributed by atoms with Gasteiger partial charge in [0.25, 0.3) is 0 Å². The summed E-state index contributed by atoms with van der Waals surface area (Å²) >= 11 is 0. The molecule has 2 N–H and O–H groups in total. The van der Waals surface area contributed by atoms with Crippen molar-refractivity contribution in [2.75, 3.05) is 13.7 Å². The first kappa shape index (κ1) is 22.4. The molecule has 1 fully saturated rings. The van der Waals surface area contributed by atoms with Gasteiger partial charge in [0.2, 0.25) is 0 Å². The highest BCUT2D eigenvalue weighted by molar-refractivity contribution is 6.71. The fourth-order valence-corrected chi connectivity index (χ4v) is 8.24. The summed E-state index contributed by atoms with van der Waals surface area (Å²) in [5, 5.41) is 11.8. The van der Waals surface area contributed by atoms with Gasteiger partial charge in [0.1, 0.15) is 5.75 Å². The van der Waals surface area contributed by atoms with Crippen molar-refractivity contribution in [3.8, 4) is 5.75 Å². The number of carboxylic acid groups (broad SMARTS) is 1. The number of nitrogens with zero attached hydrogens (tertiary/aromatic N) is 1. The summed E-state index contributed by atoms with van der Waals surface area (Å²) in [6.07, 6.45) is 3.11. The number of carboxylic acids is 1. The number of ether oxygens (including phenoxy) is 1. The highest BCUT2D eigenvalue weighted by atomic mass is 28.3. The van der Waals surface area contributed by atoms with Gasteiger partial charge in [0.05, 0.1) is 12.7 Å². The molecule has 4 aromatic rings. The Morgan fingerprint density at radius 3 is 2.62 bits per heavy atom. The molecule has 1 aromatic heterocycles. The van der Waals surface area contributed by atoms with Crippen LogP contribution in [0.1, 0.15) is 39.4 Å². The van der Waals surface area contributed by atoms with E-state index in [1.54, 1.807) is 19.2 Å². The van der Waals surface area contributed by atoms with E-state index < -0.39 is 14.9 Å². The zero-order chi connectivity index (χ0) is 23.7. The number of rotatable bonds is 6. The smallest absolute Gasteiger partial charge is 0.335 e. The van der Waals surface area contributed by atoms with E-state index in [0.717, 1.165) is 36.8 Å². The van der Waals surface area contributed by atoms with Crippen molar-refractivity contribution in [1.82, 2.24) is 9.55 Å². The molecule has 5 rings (SSSR count). The first-order valence-corrected chi connectivity index (χ1v) is 13.3. The number of benzene rings is 3. The summed E-state index contributed by atoms with van der Waals surface area (Å²) in [7, 11) is 0.635. The number of aromatic nitrogens is 1. The zero-order valence-electron chi connectivity index (χ0n) is 19.5. The Morgan fingerprint density at radius 1 is 1.15 bits per heavy atom. The fraction of sp³-hybridized carbons (Fsp3) is 0.250. The van der Waals surface area contributed by atoms with Gasteiger partial charge in [0.15, 0.2) is 8.96 Å². The number of aromatic amines is 1. The van der Waals surface area contributed by atoms with Crippen molar-refractivity contribution in [2.24, 2.45) is 0 Å². The van der Waals surface area contributed by atoms with E-state index >= 15 is 0 Å². The summed E-state index contributed by atoms with van der Waals surface area (Å²) in [6, 6.07) is 23.7. The van der Waals surface area contributed by atoms with Gasteiger partial charge in [-0.25, -0.2) is 4.79 Å². The number of fused-ring (bicyclic) bond motifs is 1. The maximum atomic E-state index is 11.4. The molecule has 6 heteroatoms. The number of hydrogen-bond acceptors (Lipinski definition) is 3. The van der Waals surface area contributed by atoms with Crippen LogP contribution in [-0.2, 0) is 6.54 Å². The molecule has 1 atom stereocenters. The quantitative estimate of drug-likeness (QED) is 0.387. The second kappa shape index (κ2) is 9.48.